The number of thiazole rings is 1. The Morgan fingerprint density at radius 1 is 1.00 bits per heavy atom. The van der Waals surface area contributed by atoms with Gasteiger partial charge in [-0.15, -0.1) is 11.3 Å². The zero-order chi connectivity index (χ0) is 22.1. The second-order valence-electron chi connectivity index (χ2n) is 7.43. The molecule has 162 valence electrons. The average molecular weight is 437 g/mol. The lowest BCUT2D eigenvalue weighted by Gasteiger charge is -2.18. The van der Waals surface area contributed by atoms with Crippen LogP contribution in [0.2, 0.25) is 0 Å². The van der Waals surface area contributed by atoms with E-state index in [-0.39, 0.29) is 18.4 Å². The highest BCUT2D eigenvalue weighted by Crippen LogP contribution is 2.24. The van der Waals surface area contributed by atoms with Crippen LogP contribution in [-0.4, -0.2) is 42.0 Å². The smallest absolute Gasteiger partial charge is 0.317 e. The summed E-state index contributed by atoms with van der Waals surface area (Å²) in [5.41, 5.74) is 4.36. The molecule has 3 amide bonds. The lowest BCUT2D eigenvalue weighted by molar-refractivity contribution is -0.120. The quantitative estimate of drug-likeness (QED) is 0.532. The first kappa shape index (κ1) is 22.5. The normalized spacial score (nSPS) is 10.5. The number of aryl methyl sites for hydroxylation is 1. The molecule has 7 heteroatoms. The minimum atomic E-state index is -0.192. The highest BCUT2D eigenvalue weighted by atomic mass is 32.1. The van der Waals surface area contributed by atoms with Gasteiger partial charge in [0.05, 0.1) is 5.69 Å². The van der Waals surface area contributed by atoms with Gasteiger partial charge in [0.25, 0.3) is 0 Å². The number of nitrogens with zero attached hydrogens (tertiary/aromatic N) is 2. The van der Waals surface area contributed by atoms with Crippen molar-refractivity contribution in [3.63, 3.8) is 0 Å². The largest absolute Gasteiger partial charge is 0.356 e. The summed E-state index contributed by atoms with van der Waals surface area (Å²) in [7, 11) is 1.74. The number of amides is 3. The molecule has 6 nitrogen and oxygen atoms in total. The Hall–Kier alpha value is -3.19. The fourth-order valence-electron chi connectivity index (χ4n) is 3.02. The molecule has 0 aliphatic heterocycles. The summed E-state index contributed by atoms with van der Waals surface area (Å²) in [6, 6.07) is 17.9. The van der Waals surface area contributed by atoms with Crippen molar-refractivity contribution in [1.29, 1.82) is 0 Å². The van der Waals surface area contributed by atoms with Gasteiger partial charge in [-0.3, -0.25) is 4.79 Å². The molecule has 0 fully saturated rings. The molecule has 0 unspecified atom stereocenters. The molecule has 0 spiro atoms. The van der Waals surface area contributed by atoms with Gasteiger partial charge < -0.3 is 15.5 Å². The summed E-state index contributed by atoms with van der Waals surface area (Å²) in [6.45, 7) is 3.42. The summed E-state index contributed by atoms with van der Waals surface area (Å²) >= 11 is 1.61. The minimum absolute atomic E-state index is 0.0833. The Kier molecular flexibility index (Phi) is 8.18. The molecule has 0 saturated heterocycles. The summed E-state index contributed by atoms with van der Waals surface area (Å²) in [4.78, 5) is 30.4. The average Bonchev–Trinajstić information content (AvgIpc) is 3.23. The molecule has 3 rings (SSSR count). The van der Waals surface area contributed by atoms with E-state index in [4.69, 9.17) is 0 Å². The van der Waals surface area contributed by atoms with E-state index in [9.17, 15) is 9.59 Å². The van der Waals surface area contributed by atoms with Crippen LogP contribution >= 0.6 is 11.3 Å². The van der Waals surface area contributed by atoms with Gasteiger partial charge >= 0.3 is 6.03 Å². The van der Waals surface area contributed by atoms with Gasteiger partial charge in [-0.2, -0.15) is 0 Å². The molecule has 0 saturated carbocycles. The summed E-state index contributed by atoms with van der Waals surface area (Å²) in [6.07, 6.45) is 0.927. The Morgan fingerprint density at radius 3 is 2.48 bits per heavy atom. The number of hydrogen-bond donors (Lipinski definition) is 2. The van der Waals surface area contributed by atoms with Gasteiger partial charge in [-0.1, -0.05) is 60.2 Å². The van der Waals surface area contributed by atoms with Crippen molar-refractivity contribution in [3.8, 4) is 10.6 Å². The van der Waals surface area contributed by atoms with Gasteiger partial charge in [0, 0.05) is 50.5 Å². The summed E-state index contributed by atoms with van der Waals surface area (Å²) < 4.78 is 0. The zero-order valence-electron chi connectivity index (χ0n) is 17.9. The van der Waals surface area contributed by atoms with Crippen LogP contribution in [0.5, 0.6) is 0 Å². The fourth-order valence-corrected chi connectivity index (χ4v) is 3.88. The van der Waals surface area contributed by atoms with Gasteiger partial charge in [-0.25, -0.2) is 9.78 Å². The SMILES string of the molecule is Cc1ccc(-c2nc(CCNC(=O)CCNC(=O)N(C)Cc3ccccc3)cs2)cc1. The van der Waals surface area contributed by atoms with E-state index in [0.717, 1.165) is 21.8 Å². The maximum absolute atomic E-state index is 12.1. The molecule has 0 radical (unpaired) electrons. The number of benzene rings is 2. The van der Waals surface area contributed by atoms with Crippen LogP contribution in [0.4, 0.5) is 4.79 Å². The number of aromatic nitrogens is 1. The molecule has 2 aromatic carbocycles. The van der Waals surface area contributed by atoms with Gasteiger partial charge in [0.1, 0.15) is 5.01 Å². The number of rotatable bonds is 9. The Labute approximate surface area is 187 Å². The van der Waals surface area contributed by atoms with Crippen LogP contribution < -0.4 is 10.6 Å². The third-order valence-corrected chi connectivity index (χ3v) is 5.73. The number of carbonyl (C=O) groups is 2. The van der Waals surface area contributed by atoms with Crippen molar-refractivity contribution in [2.45, 2.75) is 26.3 Å². The fraction of sp³-hybridized carbons (Fsp3) is 0.292. The van der Waals surface area contributed by atoms with Crippen LogP contribution in [0.3, 0.4) is 0 Å². The van der Waals surface area contributed by atoms with E-state index in [0.29, 0.717) is 26.1 Å². The standard InChI is InChI=1S/C24H28N4O2S/c1-18-8-10-20(11-9-18)23-27-21(17-31-23)12-14-25-22(29)13-15-26-24(30)28(2)16-19-6-4-3-5-7-19/h3-11,17H,12-16H2,1-2H3,(H,25,29)(H,26,30). The van der Waals surface area contributed by atoms with E-state index in [2.05, 4.69) is 46.8 Å². The molecular weight excluding hydrogens is 408 g/mol. The van der Waals surface area contributed by atoms with Gasteiger partial charge in [0.15, 0.2) is 0 Å². The van der Waals surface area contributed by atoms with E-state index >= 15 is 0 Å². The second-order valence-corrected chi connectivity index (χ2v) is 8.29. The summed E-state index contributed by atoms with van der Waals surface area (Å²) in [5.74, 6) is -0.0833. The van der Waals surface area contributed by atoms with Crippen LogP contribution in [0.25, 0.3) is 10.6 Å². The van der Waals surface area contributed by atoms with Crippen molar-refractivity contribution in [1.82, 2.24) is 20.5 Å². The Bertz CT molecular complexity index is 986. The maximum atomic E-state index is 12.1. The van der Waals surface area contributed by atoms with Crippen molar-refractivity contribution >= 4 is 23.3 Å². The molecule has 1 aromatic heterocycles. The number of nitrogens with one attached hydrogen (secondary N) is 2. The first-order chi connectivity index (χ1) is 15.0. The van der Waals surface area contributed by atoms with E-state index < -0.39 is 0 Å². The Balaban J connectivity index is 1.32. The molecule has 0 bridgehead atoms. The van der Waals surface area contributed by atoms with Gasteiger partial charge in [0.2, 0.25) is 5.91 Å². The zero-order valence-corrected chi connectivity index (χ0v) is 18.7. The molecule has 2 N–H and O–H groups in total. The predicted molar refractivity (Wildman–Crippen MR) is 125 cm³/mol. The monoisotopic (exact) mass is 436 g/mol. The third-order valence-electron chi connectivity index (χ3n) is 4.79. The van der Waals surface area contributed by atoms with Crippen LogP contribution in [0.15, 0.2) is 60.0 Å². The highest BCUT2D eigenvalue weighted by Gasteiger charge is 2.10. The first-order valence-electron chi connectivity index (χ1n) is 10.3. The van der Waals surface area contributed by atoms with Crippen molar-refractivity contribution in [3.05, 3.63) is 76.8 Å². The first-order valence-corrected chi connectivity index (χ1v) is 11.2. The van der Waals surface area contributed by atoms with Crippen molar-refractivity contribution in [2.75, 3.05) is 20.1 Å². The van der Waals surface area contributed by atoms with E-state index in [1.54, 1.807) is 23.3 Å². The van der Waals surface area contributed by atoms with Crippen LogP contribution in [0, 0.1) is 6.92 Å². The van der Waals surface area contributed by atoms with Crippen LogP contribution in [-0.2, 0) is 17.8 Å². The van der Waals surface area contributed by atoms with Gasteiger partial charge in [-0.05, 0) is 12.5 Å². The minimum Gasteiger partial charge on any atom is -0.356 e. The number of carbonyl (C=O) groups excluding carboxylic acids is 2. The molecule has 0 aliphatic carbocycles. The Morgan fingerprint density at radius 2 is 1.74 bits per heavy atom. The van der Waals surface area contributed by atoms with Crippen molar-refractivity contribution < 1.29 is 9.59 Å². The molecular formula is C24H28N4O2S. The lowest BCUT2D eigenvalue weighted by Crippen LogP contribution is -2.39. The number of hydrogen-bond acceptors (Lipinski definition) is 4. The molecule has 31 heavy (non-hydrogen) atoms. The van der Waals surface area contributed by atoms with Crippen molar-refractivity contribution in [2.24, 2.45) is 0 Å². The molecule has 0 atom stereocenters. The topological polar surface area (TPSA) is 74.3 Å². The van der Waals surface area contributed by atoms with Crippen LogP contribution in [0.1, 0.15) is 23.2 Å². The molecule has 1 heterocycles. The maximum Gasteiger partial charge on any atom is 0.317 e. The van der Waals surface area contributed by atoms with E-state index in [1.165, 1.54) is 5.56 Å². The molecule has 0 aliphatic rings. The summed E-state index contributed by atoms with van der Waals surface area (Å²) in [5, 5.41) is 8.70. The number of urea groups is 1. The highest BCUT2D eigenvalue weighted by molar-refractivity contribution is 7.13. The van der Waals surface area contributed by atoms with E-state index in [1.807, 2.05) is 35.7 Å². The third kappa shape index (κ3) is 7.22. The lowest BCUT2D eigenvalue weighted by atomic mass is 10.2. The molecule has 3 aromatic rings. The predicted octanol–water partition coefficient (Wildman–Crippen LogP) is 4.01. The second kappa shape index (κ2) is 11.3.